The number of rotatable bonds is 6. The molecule has 3 rings (SSSR count). The van der Waals surface area contributed by atoms with E-state index in [0.29, 0.717) is 17.2 Å². The van der Waals surface area contributed by atoms with Gasteiger partial charge >= 0.3 is 5.97 Å². The Morgan fingerprint density at radius 3 is 2.53 bits per heavy atom. The number of esters is 1. The highest BCUT2D eigenvalue weighted by molar-refractivity contribution is 7.17. The molecule has 0 radical (unpaired) electrons. The number of amides is 1. The summed E-state index contributed by atoms with van der Waals surface area (Å²) in [4.78, 5) is 41.5. The SMILES string of the molecule is Cc1ccc(-n2ccc(=O)c(C(=O)Nc3nc(C)c(C(=O)OCC(C)C)s3)n2)cc1. The Hall–Kier alpha value is -3.33. The lowest BCUT2D eigenvalue weighted by Crippen LogP contribution is -2.25. The van der Waals surface area contributed by atoms with Crippen LogP contribution in [0.4, 0.5) is 5.13 Å². The minimum atomic E-state index is -0.697. The molecule has 0 aliphatic rings. The van der Waals surface area contributed by atoms with Gasteiger partial charge in [-0.3, -0.25) is 14.9 Å². The van der Waals surface area contributed by atoms with E-state index in [1.165, 1.54) is 16.9 Å². The smallest absolute Gasteiger partial charge is 0.350 e. The highest BCUT2D eigenvalue weighted by Gasteiger charge is 2.20. The summed E-state index contributed by atoms with van der Waals surface area (Å²) in [5, 5.41) is 6.91. The van der Waals surface area contributed by atoms with Crippen molar-refractivity contribution in [2.24, 2.45) is 5.92 Å². The zero-order chi connectivity index (χ0) is 21.8. The van der Waals surface area contributed by atoms with Gasteiger partial charge in [-0.15, -0.1) is 0 Å². The average Bonchev–Trinajstić information content (AvgIpc) is 3.07. The average molecular weight is 426 g/mol. The van der Waals surface area contributed by atoms with E-state index in [2.05, 4.69) is 15.4 Å². The number of carbonyl (C=O) groups is 2. The maximum atomic E-state index is 12.6. The molecule has 30 heavy (non-hydrogen) atoms. The summed E-state index contributed by atoms with van der Waals surface area (Å²) in [5.41, 5.74) is 1.47. The van der Waals surface area contributed by atoms with Crippen LogP contribution in [0, 0.1) is 19.8 Å². The van der Waals surface area contributed by atoms with Gasteiger partial charge in [-0.2, -0.15) is 5.10 Å². The van der Waals surface area contributed by atoms with Crippen LogP contribution in [0.3, 0.4) is 0 Å². The predicted molar refractivity (Wildman–Crippen MR) is 114 cm³/mol. The van der Waals surface area contributed by atoms with Crippen LogP contribution in [0.5, 0.6) is 0 Å². The number of carbonyl (C=O) groups excluding carboxylic acids is 2. The Bertz CT molecular complexity index is 1130. The molecule has 0 saturated heterocycles. The third-order valence-corrected chi connectivity index (χ3v) is 5.12. The Balaban J connectivity index is 1.80. The highest BCUT2D eigenvalue weighted by atomic mass is 32.1. The van der Waals surface area contributed by atoms with Gasteiger partial charge in [-0.25, -0.2) is 14.5 Å². The summed E-state index contributed by atoms with van der Waals surface area (Å²) in [6.45, 7) is 7.79. The molecule has 8 nitrogen and oxygen atoms in total. The van der Waals surface area contributed by atoms with Gasteiger partial charge in [0, 0.05) is 12.3 Å². The number of benzene rings is 1. The molecule has 3 aromatic rings. The molecule has 0 fully saturated rings. The fourth-order valence-electron chi connectivity index (χ4n) is 2.51. The molecule has 0 atom stereocenters. The number of thiazole rings is 1. The highest BCUT2D eigenvalue weighted by Crippen LogP contribution is 2.24. The maximum absolute atomic E-state index is 12.6. The molecule has 0 bridgehead atoms. The summed E-state index contributed by atoms with van der Waals surface area (Å²) in [6, 6.07) is 8.78. The largest absolute Gasteiger partial charge is 0.461 e. The molecule has 2 heterocycles. The maximum Gasteiger partial charge on any atom is 0.350 e. The first-order valence-corrected chi connectivity index (χ1v) is 10.2. The summed E-state index contributed by atoms with van der Waals surface area (Å²) < 4.78 is 6.67. The van der Waals surface area contributed by atoms with Crippen LogP contribution in [-0.4, -0.2) is 33.2 Å². The molecule has 0 spiro atoms. The van der Waals surface area contributed by atoms with Gasteiger partial charge in [0.25, 0.3) is 5.91 Å². The number of nitrogens with one attached hydrogen (secondary N) is 1. The van der Waals surface area contributed by atoms with E-state index in [9.17, 15) is 14.4 Å². The van der Waals surface area contributed by atoms with Crippen LogP contribution < -0.4 is 10.7 Å². The van der Waals surface area contributed by atoms with E-state index in [1.807, 2.05) is 45.0 Å². The third-order valence-electron chi connectivity index (χ3n) is 4.07. The van der Waals surface area contributed by atoms with Crippen molar-refractivity contribution in [1.82, 2.24) is 14.8 Å². The quantitative estimate of drug-likeness (QED) is 0.606. The Morgan fingerprint density at radius 1 is 1.17 bits per heavy atom. The molecule has 2 aromatic heterocycles. The van der Waals surface area contributed by atoms with Crippen LogP contribution in [-0.2, 0) is 4.74 Å². The second-order valence-electron chi connectivity index (χ2n) is 7.19. The Labute approximate surface area is 177 Å². The summed E-state index contributed by atoms with van der Waals surface area (Å²) >= 11 is 0.996. The van der Waals surface area contributed by atoms with Crippen LogP contribution in [0.1, 0.15) is 45.3 Å². The van der Waals surface area contributed by atoms with Gasteiger partial charge in [0.15, 0.2) is 10.8 Å². The van der Waals surface area contributed by atoms with Crippen molar-refractivity contribution in [2.45, 2.75) is 27.7 Å². The number of nitrogens with zero attached hydrogens (tertiary/aromatic N) is 3. The molecule has 0 aliphatic heterocycles. The van der Waals surface area contributed by atoms with Gasteiger partial charge in [0.2, 0.25) is 5.43 Å². The first-order chi connectivity index (χ1) is 14.2. The third kappa shape index (κ3) is 4.98. The molecule has 1 amide bonds. The van der Waals surface area contributed by atoms with E-state index in [0.717, 1.165) is 22.6 Å². The van der Waals surface area contributed by atoms with Crippen molar-refractivity contribution in [3.63, 3.8) is 0 Å². The van der Waals surface area contributed by atoms with E-state index < -0.39 is 17.3 Å². The second kappa shape index (κ2) is 9.00. The predicted octanol–water partition coefficient (Wildman–Crippen LogP) is 3.37. The van der Waals surface area contributed by atoms with Crippen molar-refractivity contribution in [3.8, 4) is 5.69 Å². The van der Waals surface area contributed by atoms with Crippen molar-refractivity contribution in [3.05, 3.63) is 68.6 Å². The van der Waals surface area contributed by atoms with Crippen molar-refractivity contribution in [2.75, 3.05) is 11.9 Å². The van der Waals surface area contributed by atoms with Crippen LogP contribution >= 0.6 is 11.3 Å². The topological polar surface area (TPSA) is 103 Å². The number of hydrogen-bond donors (Lipinski definition) is 1. The van der Waals surface area contributed by atoms with Crippen LogP contribution in [0.2, 0.25) is 0 Å². The number of aromatic nitrogens is 3. The first kappa shape index (κ1) is 21.4. The fourth-order valence-corrected chi connectivity index (χ4v) is 3.36. The number of anilines is 1. The molecule has 156 valence electrons. The molecule has 0 aliphatic carbocycles. The van der Waals surface area contributed by atoms with Gasteiger partial charge < -0.3 is 4.74 Å². The van der Waals surface area contributed by atoms with E-state index in [-0.39, 0.29) is 16.7 Å². The van der Waals surface area contributed by atoms with Gasteiger partial charge in [0.1, 0.15) is 4.88 Å². The minimum Gasteiger partial charge on any atom is -0.461 e. The van der Waals surface area contributed by atoms with Crippen molar-refractivity contribution in [1.29, 1.82) is 0 Å². The normalized spacial score (nSPS) is 10.8. The summed E-state index contributed by atoms with van der Waals surface area (Å²) in [6.07, 6.45) is 1.50. The minimum absolute atomic E-state index is 0.195. The van der Waals surface area contributed by atoms with Crippen LogP contribution in [0.25, 0.3) is 5.69 Å². The molecule has 0 unspecified atom stereocenters. The summed E-state index contributed by atoms with van der Waals surface area (Å²) in [7, 11) is 0. The molecular formula is C21H22N4O4S. The van der Waals surface area contributed by atoms with E-state index in [1.54, 1.807) is 6.92 Å². The number of ether oxygens (including phenoxy) is 1. The second-order valence-corrected chi connectivity index (χ2v) is 8.19. The Kier molecular flexibility index (Phi) is 6.41. The van der Waals surface area contributed by atoms with Crippen molar-refractivity contribution >= 4 is 28.3 Å². The number of hydrogen-bond acceptors (Lipinski definition) is 7. The van der Waals surface area contributed by atoms with Crippen LogP contribution in [0.15, 0.2) is 41.3 Å². The van der Waals surface area contributed by atoms with E-state index in [4.69, 9.17) is 4.74 Å². The molecular weight excluding hydrogens is 404 g/mol. The lowest BCUT2D eigenvalue weighted by molar-refractivity contribution is 0.0463. The lowest BCUT2D eigenvalue weighted by Gasteiger charge is -2.07. The lowest BCUT2D eigenvalue weighted by atomic mass is 10.2. The zero-order valence-corrected chi connectivity index (χ0v) is 17.9. The Morgan fingerprint density at radius 2 is 1.87 bits per heavy atom. The molecule has 1 aromatic carbocycles. The molecule has 9 heteroatoms. The monoisotopic (exact) mass is 426 g/mol. The van der Waals surface area contributed by atoms with E-state index >= 15 is 0 Å². The van der Waals surface area contributed by atoms with Gasteiger partial charge in [0.05, 0.1) is 18.0 Å². The molecule has 0 saturated carbocycles. The van der Waals surface area contributed by atoms with Crippen molar-refractivity contribution < 1.29 is 14.3 Å². The molecule has 1 N–H and O–H groups in total. The summed E-state index contributed by atoms with van der Waals surface area (Å²) in [5.74, 6) is -0.975. The van der Waals surface area contributed by atoms with Gasteiger partial charge in [-0.1, -0.05) is 42.9 Å². The first-order valence-electron chi connectivity index (χ1n) is 9.37. The zero-order valence-electron chi connectivity index (χ0n) is 17.1. The fraction of sp³-hybridized carbons (Fsp3) is 0.286. The number of aryl methyl sites for hydroxylation is 2. The van der Waals surface area contributed by atoms with Gasteiger partial charge in [-0.05, 0) is 31.9 Å². The standard InChI is InChI=1S/C21H22N4O4S/c1-12(2)11-29-20(28)18-14(4)22-21(30-18)23-19(27)17-16(26)9-10-25(24-17)15-7-5-13(3)6-8-15/h5-10,12H,11H2,1-4H3,(H,22,23,27).